The fourth-order valence-corrected chi connectivity index (χ4v) is 2.11. The first-order valence-electron chi connectivity index (χ1n) is 6.52. The standard InChI is InChI=1S/C12H24N4O/c1-2-15(10-7-11(13)14)12(17)16-8-5-3-4-6-9-16/h2-10H2,1H3,(H3,13,14). The monoisotopic (exact) mass is 240 g/mol. The summed E-state index contributed by atoms with van der Waals surface area (Å²) in [6, 6.07) is 0.107. The smallest absolute Gasteiger partial charge is 0.320 e. The number of urea groups is 1. The Morgan fingerprint density at radius 2 is 1.88 bits per heavy atom. The second-order valence-electron chi connectivity index (χ2n) is 4.54. The first kappa shape index (κ1) is 13.8. The van der Waals surface area contributed by atoms with Crippen LogP contribution in [0.3, 0.4) is 0 Å². The summed E-state index contributed by atoms with van der Waals surface area (Å²) in [7, 11) is 0. The minimum absolute atomic E-state index is 0.107. The third kappa shape index (κ3) is 4.63. The van der Waals surface area contributed by atoms with Crippen LogP contribution in [0.4, 0.5) is 4.79 Å². The second-order valence-corrected chi connectivity index (χ2v) is 4.54. The molecule has 0 aromatic rings. The number of amides is 2. The maximum absolute atomic E-state index is 12.2. The molecule has 17 heavy (non-hydrogen) atoms. The Kier molecular flexibility index (Phi) is 5.80. The SMILES string of the molecule is CCN(CCC(=N)N)C(=O)N1CCCCCC1. The van der Waals surface area contributed by atoms with Gasteiger partial charge in [-0.2, -0.15) is 0 Å². The van der Waals surface area contributed by atoms with E-state index in [0.717, 1.165) is 25.9 Å². The van der Waals surface area contributed by atoms with Crippen molar-refractivity contribution in [3.05, 3.63) is 0 Å². The van der Waals surface area contributed by atoms with Gasteiger partial charge in [-0.25, -0.2) is 4.79 Å². The predicted octanol–water partition coefficient (Wildman–Crippen LogP) is 1.63. The largest absolute Gasteiger partial charge is 0.388 e. The highest BCUT2D eigenvalue weighted by Gasteiger charge is 2.20. The number of carbonyl (C=O) groups excluding carboxylic acids is 1. The summed E-state index contributed by atoms with van der Waals surface area (Å²) < 4.78 is 0. The van der Waals surface area contributed by atoms with Crippen molar-refractivity contribution in [3.8, 4) is 0 Å². The minimum Gasteiger partial charge on any atom is -0.388 e. The molecule has 0 atom stereocenters. The van der Waals surface area contributed by atoms with E-state index in [2.05, 4.69) is 0 Å². The van der Waals surface area contributed by atoms with Crippen molar-refractivity contribution in [1.29, 1.82) is 5.41 Å². The van der Waals surface area contributed by atoms with Crippen LogP contribution in [0.2, 0.25) is 0 Å². The number of carbonyl (C=O) groups is 1. The van der Waals surface area contributed by atoms with Gasteiger partial charge in [0.2, 0.25) is 0 Å². The lowest BCUT2D eigenvalue weighted by Crippen LogP contribution is -2.44. The molecule has 5 nitrogen and oxygen atoms in total. The van der Waals surface area contributed by atoms with E-state index >= 15 is 0 Å². The van der Waals surface area contributed by atoms with Crippen molar-refractivity contribution in [2.45, 2.75) is 39.0 Å². The first-order chi connectivity index (χ1) is 8.15. The van der Waals surface area contributed by atoms with Gasteiger partial charge < -0.3 is 15.5 Å². The topological polar surface area (TPSA) is 73.4 Å². The van der Waals surface area contributed by atoms with Gasteiger partial charge in [0.05, 0.1) is 5.84 Å². The number of likely N-dealkylation sites (tertiary alicyclic amines) is 1. The Bertz CT molecular complexity index is 259. The molecule has 1 fully saturated rings. The van der Waals surface area contributed by atoms with Crippen LogP contribution in [-0.4, -0.2) is 47.8 Å². The summed E-state index contributed by atoms with van der Waals surface area (Å²) in [4.78, 5) is 16.0. The van der Waals surface area contributed by atoms with E-state index in [1.807, 2.05) is 11.8 Å². The van der Waals surface area contributed by atoms with E-state index in [9.17, 15) is 4.79 Å². The molecule has 1 aliphatic rings. The fourth-order valence-electron chi connectivity index (χ4n) is 2.11. The number of rotatable bonds is 4. The number of hydrogen-bond donors (Lipinski definition) is 2. The van der Waals surface area contributed by atoms with Gasteiger partial charge in [-0.05, 0) is 19.8 Å². The van der Waals surface area contributed by atoms with E-state index in [-0.39, 0.29) is 11.9 Å². The van der Waals surface area contributed by atoms with Gasteiger partial charge in [0.1, 0.15) is 0 Å². The van der Waals surface area contributed by atoms with Gasteiger partial charge in [-0.15, -0.1) is 0 Å². The van der Waals surface area contributed by atoms with Crippen LogP contribution in [0.15, 0.2) is 0 Å². The summed E-state index contributed by atoms with van der Waals surface area (Å²) in [6.45, 7) is 4.95. The zero-order valence-corrected chi connectivity index (χ0v) is 10.7. The third-order valence-electron chi connectivity index (χ3n) is 3.18. The Morgan fingerprint density at radius 3 is 2.35 bits per heavy atom. The van der Waals surface area contributed by atoms with Crippen molar-refractivity contribution < 1.29 is 4.79 Å². The van der Waals surface area contributed by atoms with Gasteiger partial charge >= 0.3 is 6.03 Å². The molecule has 98 valence electrons. The molecule has 0 saturated carbocycles. The highest BCUT2D eigenvalue weighted by molar-refractivity contribution is 5.78. The molecule has 3 N–H and O–H groups in total. The highest BCUT2D eigenvalue weighted by atomic mass is 16.2. The zero-order chi connectivity index (χ0) is 12.7. The van der Waals surface area contributed by atoms with Crippen LogP contribution >= 0.6 is 0 Å². The number of amidine groups is 1. The molecule has 5 heteroatoms. The first-order valence-corrected chi connectivity index (χ1v) is 6.52. The molecule has 0 aromatic heterocycles. The molecular weight excluding hydrogens is 216 g/mol. The third-order valence-corrected chi connectivity index (χ3v) is 3.18. The van der Waals surface area contributed by atoms with Gasteiger partial charge in [-0.1, -0.05) is 12.8 Å². The number of nitrogens with one attached hydrogen (secondary N) is 1. The Morgan fingerprint density at radius 1 is 1.29 bits per heavy atom. The van der Waals surface area contributed by atoms with Crippen LogP contribution in [0.25, 0.3) is 0 Å². The van der Waals surface area contributed by atoms with Crippen molar-refractivity contribution in [2.75, 3.05) is 26.2 Å². The van der Waals surface area contributed by atoms with E-state index in [0.29, 0.717) is 19.5 Å². The summed E-state index contributed by atoms with van der Waals surface area (Å²) in [5, 5.41) is 7.21. The van der Waals surface area contributed by atoms with Crippen LogP contribution < -0.4 is 5.73 Å². The molecule has 1 saturated heterocycles. The molecule has 0 unspecified atom stereocenters. The summed E-state index contributed by atoms with van der Waals surface area (Å²) >= 11 is 0. The van der Waals surface area contributed by atoms with Gasteiger partial charge in [0.15, 0.2) is 0 Å². The van der Waals surface area contributed by atoms with Crippen molar-refractivity contribution >= 4 is 11.9 Å². The maximum Gasteiger partial charge on any atom is 0.320 e. The molecule has 1 rings (SSSR count). The van der Waals surface area contributed by atoms with Gasteiger partial charge in [0, 0.05) is 32.6 Å². The van der Waals surface area contributed by atoms with Crippen LogP contribution in [0, 0.1) is 5.41 Å². The Labute approximate surface area is 103 Å². The van der Waals surface area contributed by atoms with E-state index in [1.54, 1.807) is 4.90 Å². The van der Waals surface area contributed by atoms with Crippen LogP contribution in [0.1, 0.15) is 39.0 Å². The Hall–Kier alpha value is -1.26. The van der Waals surface area contributed by atoms with Crippen LogP contribution in [-0.2, 0) is 0 Å². The van der Waals surface area contributed by atoms with E-state index in [1.165, 1.54) is 12.8 Å². The lowest BCUT2D eigenvalue weighted by atomic mass is 10.2. The lowest BCUT2D eigenvalue weighted by Gasteiger charge is -2.29. The van der Waals surface area contributed by atoms with Gasteiger partial charge in [0.25, 0.3) is 0 Å². The van der Waals surface area contributed by atoms with Crippen molar-refractivity contribution in [3.63, 3.8) is 0 Å². The molecule has 0 radical (unpaired) electrons. The second kappa shape index (κ2) is 7.14. The molecule has 2 amide bonds. The molecule has 0 aliphatic carbocycles. The quantitative estimate of drug-likeness (QED) is 0.579. The number of nitrogens with zero attached hydrogens (tertiary/aromatic N) is 2. The van der Waals surface area contributed by atoms with Crippen molar-refractivity contribution in [2.24, 2.45) is 5.73 Å². The fraction of sp³-hybridized carbons (Fsp3) is 0.833. The summed E-state index contributed by atoms with van der Waals surface area (Å²) in [5.74, 6) is 0.145. The minimum atomic E-state index is 0.107. The normalized spacial score (nSPS) is 16.4. The molecular formula is C12H24N4O. The highest BCUT2D eigenvalue weighted by Crippen LogP contribution is 2.11. The lowest BCUT2D eigenvalue weighted by molar-refractivity contribution is 0.158. The molecule has 1 heterocycles. The summed E-state index contributed by atoms with van der Waals surface area (Å²) in [5.41, 5.74) is 5.33. The number of hydrogen-bond acceptors (Lipinski definition) is 2. The van der Waals surface area contributed by atoms with Crippen molar-refractivity contribution in [1.82, 2.24) is 9.80 Å². The predicted molar refractivity (Wildman–Crippen MR) is 69.2 cm³/mol. The average molecular weight is 240 g/mol. The van der Waals surface area contributed by atoms with E-state index in [4.69, 9.17) is 11.1 Å². The Balaban J connectivity index is 2.48. The van der Waals surface area contributed by atoms with Crippen LogP contribution in [0.5, 0.6) is 0 Å². The maximum atomic E-state index is 12.2. The average Bonchev–Trinajstić information content (AvgIpc) is 2.57. The molecule has 1 aliphatic heterocycles. The number of nitrogens with two attached hydrogens (primary N) is 1. The molecule has 0 spiro atoms. The van der Waals surface area contributed by atoms with E-state index < -0.39 is 0 Å². The molecule has 0 aromatic carbocycles. The molecule has 0 bridgehead atoms. The van der Waals surface area contributed by atoms with Gasteiger partial charge in [-0.3, -0.25) is 5.41 Å². The zero-order valence-electron chi connectivity index (χ0n) is 10.7. The summed E-state index contributed by atoms with van der Waals surface area (Å²) in [6.07, 6.45) is 5.13.